The van der Waals surface area contributed by atoms with Crippen molar-refractivity contribution in [3.63, 3.8) is 0 Å². The van der Waals surface area contributed by atoms with Gasteiger partial charge in [0.25, 0.3) is 5.69 Å². The topological polar surface area (TPSA) is 64.7 Å². The highest BCUT2D eigenvalue weighted by Crippen LogP contribution is 2.52. The van der Waals surface area contributed by atoms with Crippen LogP contribution >= 0.6 is 11.8 Å². The highest BCUT2D eigenvalue weighted by Gasteiger charge is 2.60. The Morgan fingerprint density at radius 3 is 2.96 bits per heavy atom. The van der Waals surface area contributed by atoms with Gasteiger partial charge in [0.15, 0.2) is 5.67 Å². The highest BCUT2D eigenvalue weighted by molar-refractivity contribution is 8.14. The number of fused-ring (bicyclic) bond motifs is 1. The Morgan fingerprint density at radius 1 is 1.52 bits per heavy atom. The number of aliphatic imine (C=N–C) groups is 1. The SMILES string of the molecule is CC1=N[C@@]2(c3cc([N+](=O)[O-])ccc3F)CO[C@@H](C)C[C@@]2(F)CS1. The standard InChI is InChI=1S/C15H16F2N2O3S/c1-9-6-14(17)8-23-10(2)18-15(14,7-22-9)12-5-11(19(20)21)3-4-13(12)16/h3-5,9H,6-8H2,1-2H3/t9-,14+,15+/m0/s1. The van der Waals surface area contributed by atoms with Gasteiger partial charge in [-0.3, -0.25) is 15.1 Å². The second-order valence-corrected chi connectivity index (χ2v) is 7.16. The average molecular weight is 342 g/mol. The molecule has 3 atom stereocenters. The minimum atomic E-state index is -1.81. The number of alkyl halides is 1. The highest BCUT2D eigenvalue weighted by atomic mass is 32.2. The maximum atomic E-state index is 15.8. The molecular formula is C15H16F2N2O3S. The van der Waals surface area contributed by atoms with Crippen molar-refractivity contribution in [2.75, 3.05) is 12.4 Å². The molecule has 1 fully saturated rings. The van der Waals surface area contributed by atoms with E-state index in [0.717, 1.165) is 18.2 Å². The molecule has 124 valence electrons. The van der Waals surface area contributed by atoms with E-state index in [1.54, 1.807) is 13.8 Å². The van der Waals surface area contributed by atoms with Gasteiger partial charge in [-0.05, 0) is 19.9 Å². The zero-order valence-corrected chi connectivity index (χ0v) is 13.5. The number of nitro groups is 1. The van der Waals surface area contributed by atoms with Crippen LogP contribution < -0.4 is 0 Å². The second-order valence-electron chi connectivity index (χ2n) is 5.99. The average Bonchev–Trinajstić information content (AvgIpc) is 2.48. The summed E-state index contributed by atoms with van der Waals surface area (Å²) in [4.78, 5) is 14.8. The molecular weight excluding hydrogens is 326 g/mol. The second kappa shape index (κ2) is 5.52. The van der Waals surface area contributed by atoms with Gasteiger partial charge in [0.1, 0.15) is 11.4 Å². The lowest BCUT2D eigenvalue weighted by molar-refractivity contribution is -0.385. The maximum absolute atomic E-state index is 15.8. The summed E-state index contributed by atoms with van der Waals surface area (Å²) in [6.07, 6.45) is -0.247. The van der Waals surface area contributed by atoms with Crippen molar-refractivity contribution in [3.8, 4) is 0 Å². The van der Waals surface area contributed by atoms with Crippen LogP contribution in [0.2, 0.25) is 0 Å². The van der Waals surface area contributed by atoms with Crippen LogP contribution in [0.3, 0.4) is 0 Å². The Kier molecular flexibility index (Phi) is 3.92. The molecule has 1 aromatic rings. The molecule has 2 aliphatic heterocycles. The summed E-state index contributed by atoms with van der Waals surface area (Å²) in [6, 6.07) is 3.14. The van der Waals surface area contributed by atoms with Crippen molar-refractivity contribution in [3.05, 3.63) is 39.7 Å². The molecule has 5 nitrogen and oxygen atoms in total. The van der Waals surface area contributed by atoms with Crippen molar-refractivity contribution in [1.29, 1.82) is 0 Å². The molecule has 0 N–H and O–H groups in total. The molecule has 0 bridgehead atoms. The third-order valence-corrected chi connectivity index (χ3v) is 5.50. The molecule has 3 rings (SSSR count). The summed E-state index contributed by atoms with van der Waals surface area (Å²) >= 11 is 1.28. The predicted molar refractivity (Wildman–Crippen MR) is 84.2 cm³/mol. The van der Waals surface area contributed by atoms with E-state index in [4.69, 9.17) is 4.74 Å². The fourth-order valence-electron chi connectivity index (χ4n) is 3.23. The third-order valence-electron chi connectivity index (χ3n) is 4.39. The lowest BCUT2D eigenvalue weighted by Gasteiger charge is -2.50. The van der Waals surface area contributed by atoms with Crippen LogP contribution in [0.15, 0.2) is 23.2 Å². The smallest absolute Gasteiger partial charge is 0.270 e. The van der Waals surface area contributed by atoms with Crippen molar-refractivity contribution in [1.82, 2.24) is 0 Å². The van der Waals surface area contributed by atoms with E-state index in [9.17, 15) is 14.5 Å². The van der Waals surface area contributed by atoms with Crippen LogP contribution in [-0.4, -0.2) is 34.1 Å². The predicted octanol–water partition coefficient (Wildman–Crippen LogP) is 3.61. The van der Waals surface area contributed by atoms with Gasteiger partial charge in [0.2, 0.25) is 0 Å². The Labute approximate surface area is 136 Å². The quantitative estimate of drug-likeness (QED) is 0.608. The van der Waals surface area contributed by atoms with Crippen molar-refractivity contribution < 1.29 is 18.4 Å². The van der Waals surface area contributed by atoms with E-state index in [1.807, 2.05) is 0 Å². The number of ether oxygens (including phenoxy) is 1. The van der Waals surface area contributed by atoms with Gasteiger partial charge in [-0.25, -0.2) is 8.78 Å². The molecule has 1 aromatic carbocycles. The molecule has 0 aliphatic carbocycles. The van der Waals surface area contributed by atoms with E-state index < -0.39 is 21.9 Å². The number of rotatable bonds is 2. The first-order valence-corrected chi connectivity index (χ1v) is 8.20. The molecule has 0 unspecified atom stereocenters. The third kappa shape index (κ3) is 2.53. The van der Waals surface area contributed by atoms with E-state index in [2.05, 4.69) is 4.99 Å². The number of nitro benzene ring substituents is 1. The number of nitrogens with zero attached hydrogens (tertiary/aromatic N) is 2. The zero-order valence-electron chi connectivity index (χ0n) is 12.7. The molecule has 0 aromatic heterocycles. The van der Waals surface area contributed by atoms with Crippen LogP contribution in [0.4, 0.5) is 14.5 Å². The summed E-state index contributed by atoms with van der Waals surface area (Å²) in [5.41, 5.74) is -3.79. The molecule has 23 heavy (non-hydrogen) atoms. The summed E-state index contributed by atoms with van der Waals surface area (Å²) in [6.45, 7) is 3.34. The van der Waals surface area contributed by atoms with E-state index >= 15 is 4.39 Å². The first-order chi connectivity index (χ1) is 10.8. The Hall–Kier alpha value is -1.54. The van der Waals surface area contributed by atoms with E-state index in [-0.39, 0.29) is 36.1 Å². The normalized spacial score (nSPS) is 33.7. The van der Waals surface area contributed by atoms with Crippen molar-refractivity contribution >= 4 is 22.5 Å². The van der Waals surface area contributed by atoms with Crippen molar-refractivity contribution in [2.24, 2.45) is 4.99 Å². The van der Waals surface area contributed by atoms with Crippen LogP contribution in [0.5, 0.6) is 0 Å². The minimum Gasteiger partial charge on any atom is -0.375 e. The zero-order chi connectivity index (χ0) is 16.8. The van der Waals surface area contributed by atoms with Gasteiger partial charge < -0.3 is 4.74 Å². The van der Waals surface area contributed by atoms with Crippen LogP contribution in [0.1, 0.15) is 25.8 Å². The van der Waals surface area contributed by atoms with Gasteiger partial charge in [-0.15, -0.1) is 11.8 Å². The molecule has 0 spiro atoms. The summed E-state index contributed by atoms with van der Waals surface area (Å²) < 4.78 is 35.8. The Balaban J connectivity index is 2.22. The van der Waals surface area contributed by atoms with E-state index in [1.165, 1.54) is 11.8 Å². The van der Waals surface area contributed by atoms with Crippen molar-refractivity contribution in [2.45, 2.75) is 37.6 Å². The fourth-order valence-corrected chi connectivity index (χ4v) is 4.24. The van der Waals surface area contributed by atoms with Crippen LogP contribution in [0.25, 0.3) is 0 Å². The number of hydrogen-bond acceptors (Lipinski definition) is 5. The molecule has 0 radical (unpaired) electrons. The first kappa shape index (κ1) is 16.3. The molecule has 0 amide bonds. The van der Waals surface area contributed by atoms with Crippen LogP contribution in [-0.2, 0) is 10.3 Å². The van der Waals surface area contributed by atoms with Gasteiger partial charge in [-0.2, -0.15) is 0 Å². The number of hydrogen-bond donors (Lipinski definition) is 0. The molecule has 1 saturated heterocycles. The van der Waals surface area contributed by atoms with Gasteiger partial charge in [0, 0.05) is 29.9 Å². The monoisotopic (exact) mass is 342 g/mol. The summed E-state index contributed by atoms with van der Waals surface area (Å²) in [5, 5.41) is 11.6. The lowest BCUT2D eigenvalue weighted by atomic mass is 9.72. The van der Waals surface area contributed by atoms with Crippen LogP contribution in [0, 0.1) is 15.9 Å². The summed E-state index contributed by atoms with van der Waals surface area (Å²) in [5.74, 6) is -0.586. The Bertz CT molecular complexity index is 699. The van der Waals surface area contributed by atoms with E-state index in [0.29, 0.717) is 5.04 Å². The fraction of sp³-hybridized carbons (Fsp3) is 0.533. The Morgan fingerprint density at radius 2 is 2.26 bits per heavy atom. The molecule has 2 heterocycles. The largest absolute Gasteiger partial charge is 0.375 e. The maximum Gasteiger partial charge on any atom is 0.270 e. The lowest BCUT2D eigenvalue weighted by Crippen LogP contribution is -2.59. The first-order valence-electron chi connectivity index (χ1n) is 7.22. The molecule has 8 heteroatoms. The minimum absolute atomic E-state index is 0.0684. The van der Waals surface area contributed by atoms with Gasteiger partial charge in [0.05, 0.1) is 22.7 Å². The number of halogens is 2. The number of benzene rings is 1. The number of thioether (sulfide) groups is 1. The summed E-state index contributed by atoms with van der Waals surface area (Å²) in [7, 11) is 0. The molecule has 0 saturated carbocycles. The van der Waals surface area contributed by atoms with Gasteiger partial charge in [-0.1, -0.05) is 0 Å². The molecule has 2 aliphatic rings. The number of non-ortho nitro benzene ring substituents is 1. The van der Waals surface area contributed by atoms with Gasteiger partial charge >= 0.3 is 0 Å².